The average molecular weight is 302 g/mol. The molecule has 0 aromatic carbocycles. The number of aryl methyl sites for hydroxylation is 2. The van der Waals surface area contributed by atoms with Gasteiger partial charge in [0.15, 0.2) is 0 Å². The third-order valence-corrected chi connectivity index (χ3v) is 4.05. The molecule has 0 bridgehead atoms. The van der Waals surface area contributed by atoms with E-state index in [9.17, 15) is 0 Å². The Balaban J connectivity index is 2.87. The Morgan fingerprint density at radius 1 is 1.35 bits per heavy atom. The lowest BCUT2D eigenvalue weighted by atomic mass is 10.0. The molecule has 0 saturated heterocycles. The number of ether oxygens (including phenoxy) is 1. The summed E-state index contributed by atoms with van der Waals surface area (Å²) in [5.74, 6) is 0. The Hall–Kier alpha value is -0.580. The molecule has 0 aliphatic rings. The molecular formula is C15H28ClN3O. The second-order valence-corrected chi connectivity index (χ2v) is 5.51. The van der Waals surface area contributed by atoms with E-state index in [-0.39, 0.29) is 12.1 Å². The lowest BCUT2D eigenvalue weighted by Crippen LogP contribution is -2.43. The van der Waals surface area contributed by atoms with Gasteiger partial charge < -0.3 is 10.1 Å². The Kier molecular flexibility index (Phi) is 7.56. The predicted octanol–water partition coefficient (Wildman–Crippen LogP) is 3.11. The normalized spacial score (nSPS) is 14.5. The Morgan fingerprint density at radius 2 is 2.05 bits per heavy atom. The molecule has 1 heterocycles. The van der Waals surface area contributed by atoms with Crippen LogP contribution in [0.5, 0.6) is 0 Å². The maximum absolute atomic E-state index is 6.37. The molecule has 0 radical (unpaired) electrons. The standard InChI is InChI=1S/C15H28ClN3O/c1-6-9-17-12(14(7-2)20-8-3)10-13-15(16)11(4)18-19(13)5/h12,14,17H,6-10H2,1-5H3. The topological polar surface area (TPSA) is 39.1 Å². The van der Waals surface area contributed by atoms with Crippen LogP contribution in [0.25, 0.3) is 0 Å². The van der Waals surface area contributed by atoms with E-state index >= 15 is 0 Å². The number of nitrogens with one attached hydrogen (secondary N) is 1. The van der Waals surface area contributed by atoms with Crippen LogP contribution in [-0.2, 0) is 18.2 Å². The molecule has 2 unspecified atom stereocenters. The summed E-state index contributed by atoms with van der Waals surface area (Å²) in [7, 11) is 1.95. The fourth-order valence-corrected chi connectivity index (χ4v) is 2.74. The van der Waals surface area contributed by atoms with Crippen LogP contribution in [0.15, 0.2) is 0 Å². The number of hydrogen-bond acceptors (Lipinski definition) is 3. The summed E-state index contributed by atoms with van der Waals surface area (Å²) in [5, 5.41) is 8.76. The molecule has 1 N–H and O–H groups in total. The molecule has 0 aliphatic heterocycles. The molecule has 4 nitrogen and oxygen atoms in total. The summed E-state index contributed by atoms with van der Waals surface area (Å²) >= 11 is 6.37. The summed E-state index contributed by atoms with van der Waals surface area (Å²) in [6.45, 7) is 10.1. The second-order valence-electron chi connectivity index (χ2n) is 5.14. The monoisotopic (exact) mass is 301 g/mol. The fourth-order valence-electron chi connectivity index (χ4n) is 2.51. The molecule has 0 aliphatic carbocycles. The molecule has 0 saturated carbocycles. The van der Waals surface area contributed by atoms with E-state index < -0.39 is 0 Å². The van der Waals surface area contributed by atoms with Crippen molar-refractivity contribution in [2.24, 2.45) is 7.05 Å². The van der Waals surface area contributed by atoms with Gasteiger partial charge in [0.2, 0.25) is 0 Å². The van der Waals surface area contributed by atoms with Crippen molar-refractivity contribution in [3.8, 4) is 0 Å². The van der Waals surface area contributed by atoms with Crippen LogP contribution in [0.1, 0.15) is 45.0 Å². The molecule has 5 heteroatoms. The Morgan fingerprint density at radius 3 is 2.50 bits per heavy atom. The Bertz CT molecular complexity index is 406. The van der Waals surface area contributed by atoms with Crippen LogP contribution >= 0.6 is 11.6 Å². The zero-order valence-corrected chi connectivity index (χ0v) is 14.1. The fraction of sp³-hybridized carbons (Fsp3) is 0.800. The molecule has 1 aromatic rings. The minimum absolute atomic E-state index is 0.206. The smallest absolute Gasteiger partial charge is 0.0847 e. The summed E-state index contributed by atoms with van der Waals surface area (Å²) in [5.41, 5.74) is 1.97. The van der Waals surface area contributed by atoms with Gasteiger partial charge in [-0.3, -0.25) is 4.68 Å². The van der Waals surface area contributed by atoms with Gasteiger partial charge >= 0.3 is 0 Å². The average Bonchev–Trinajstić information content (AvgIpc) is 2.67. The van der Waals surface area contributed by atoms with Crippen LogP contribution in [0.2, 0.25) is 5.02 Å². The van der Waals surface area contributed by atoms with Crippen LogP contribution in [-0.4, -0.2) is 35.1 Å². The largest absolute Gasteiger partial charge is 0.377 e. The lowest BCUT2D eigenvalue weighted by molar-refractivity contribution is 0.0315. The molecule has 20 heavy (non-hydrogen) atoms. The Labute approximate surface area is 127 Å². The van der Waals surface area contributed by atoms with Gasteiger partial charge in [0.25, 0.3) is 0 Å². The zero-order chi connectivity index (χ0) is 15.1. The van der Waals surface area contributed by atoms with Gasteiger partial charge in [-0.15, -0.1) is 0 Å². The van der Waals surface area contributed by atoms with Gasteiger partial charge in [-0.1, -0.05) is 25.4 Å². The zero-order valence-electron chi connectivity index (χ0n) is 13.4. The van der Waals surface area contributed by atoms with E-state index in [1.165, 1.54) is 0 Å². The first-order chi connectivity index (χ1) is 9.54. The minimum atomic E-state index is 0.206. The van der Waals surface area contributed by atoms with Crippen molar-refractivity contribution >= 4 is 11.6 Å². The number of aromatic nitrogens is 2. The molecule has 0 amide bonds. The van der Waals surface area contributed by atoms with Crippen LogP contribution in [0.3, 0.4) is 0 Å². The number of hydrogen-bond donors (Lipinski definition) is 1. The van der Waals surface area contributed by atoms with E-state index in [0.29, 0.717) is 0 Å². The van der Waals surface area contributed by atoms with Gasteiger partial charge in [-0.05, 0) is 33.2 Å². The van der Waals surface area contributed by atoms with E-state index in [1.807, 2.05) is 25.6 Å². The molecule has 0 fully saturated rings. The predicted molar refractivity (Wildman–Crippen MR) is 84.4 cm³/mol. The van der Waals surface area contributed by atoms with Gasteiger partial charge in [0.1, 0.15) is 0 Å². The van der Waals surface area contributed by atoms with Crippen LogP contribution in [0.4, 0.5) is 0 Å². The summed E-state index contributed by atoms with van der Waals surface area (Å²) in [4.78, 5) is 0. The minimum Gasteiger partial charge on any atom is -0.377 e. The second kappa shape index (κ2) is 8.65. The maximum Gasteiger partial charge on any atom is 0.0847 e. The van der Waals surface area contributed by atoms with E-state index in [2.05, 4.69) is 24.3 Å². The summed E-state index contributed by atoms with van der Waals surface area (Å²) in [6, 6.07) is 0.271. The SMILES string of the molecule is CCCNC(Cc1c(Cl)c(C)nn1C)C(CC)OCC. The molecule has 0 spiro atoms. The van der Waals surface area contributed by atoms with Crippen LogP contribution < -0.4 is 5.32 Å². The third-order valence-electron chi connectivity index (χ3n) is 3.56. The van der Waals surface area contributed by atoms with Gasteiger partial charge in [-0.25, -0.2) is 0 Å². The third kappa shape index (κ3) is 4.47. The van der Waals surface area contributed by atoms with Crippen molar-refractivity contribution in [2.75, 3.05) is 13.2 Å². The maximum atomic E-state index is 6.37. The first kappa shape index (κ1) is 17.5. The highest BCUT2D eigenvalue weighted by atomic mass is 35.5. The van der Waals surface area contributed by atoms with E-state index in [4.69, 9.17) is 16.3 Å². The lowest BCUT2D eigenvalue weighted by Gasteiger charge is -2.27. The summed E-state index contributed by atoms with van der Waals surface area (Å²) in [6.07, 6.45) is 3.15. The molecular weight excluding hydrogens is 274 g/mol. The quantitative estimate of drug-likeness (QED) is 0.762. The highest BCUT2D eigenvalue weighted by Gasteiger charge is 2.23. The number of rotatable bonds is 9. The highest BCUT2D eigenvalue weighted by molar-refractivity contribution is 6.31. The molecule has 1 aromatic heterocycles. The van der Waals surface area contributed by atoms with Crippen LogP contribution in [0, 0.1) is 6.92 Å². The van der Waals surface area contributed by atoms with Gasteiger partial charge in [-0.2, -0.15) is 5.10 Å². The molecule has 1 rings (SSSR count). The summed E-state index contributed by atoms with van der Waals surface area (Å²) < 4.78 is 7.76. The first-order valence-corrected chi connectivity index (χ1v) is 7.95. The van der Waals surface area contributed by atoms with E-state index in [0.717, 1.165) is 48.8 Å². The van der Waals surface area contributed by atoms with Crippen molar-refractivity contribution in [3.63, 3.8) is 0 Å². The van der Waals surface area contributed by atoms with Crippen molar-refractivity contribution in [2.45, 2.75) is 59.1 Å². The van der Waals surface area contributed by atoms with Crippen molar-refractivity contribution in [1.29, 1.82) is 0 Å². The van der Waals surface area contributed by atoms with Crippen molar-refractivity contribution < 1.29 is 4.74 Å². The number of nitrogens with zero attached hydrogens (tertiary/aromatic N) is 2. The number of halogens is 1. The van der Waals surface area contributed by atoms with Crippen molar-refractivity contribution in [1.82, 2.24) is 15.1 Å². The van der Waals surface area contributed by atoms with Crippen molar-refractivity contribution in [3.05, 3.63) is 16.4 Å². The molecule has 116 valence electrons. The first-order valence-electron chi connectivity index (χ1n) is 7.57. The molecule has 2 atom stereocenters. The van der Waals surface area contributed by atoms with Gasteiger partial charge in [0, 0.05) is 26.1 Å². The van der Waals surface area contributed by atoms with E-state index in [1.54, 1.807) is 0 Å². The van der Waals surface area contributed by atoms with Gasteiger partial charge in [0.05, 0.1) is 22.5 Å². The highest BCUT2D eigenvalue weighted by Crippen LogP contribution is 2.22.